The van der Waals surface area contributed by atoms with Crippen LogP contribution in [0.25, 0.3) is 0 Å². The van der Waals surface area contributed by atoms with E-state index in [4.69, 9.17) is 5.11 Å². The first-order valence-electron chi connectivity index (χ1n) is 2.22. The molecule has 1 atom stereocenters. The van der Waals surface area contributed by atoms with E-state index < -0.39 is 11.6 Å². The number of carbonyl (C=O) groups is 1. The molecule has 44 valence electrons. The van der Waals surface area contributed by atoms with Crippen LogP contribution in [0.4, 0.5) is 0 Å². The summed E-state index contributed by atoms with van der Waals surface area (Å²) in [5.74, 6) is -0.951. The standard InChI is InChI=1S/C5H6O3/c1-2-5(3-8-5)4(6)7/h2H,1,3H2,(H,6,7). The Morgan fingerprint density at radius 1 is 2.00 bits per heavy atom. The highest BCUT2D eigenvalue weighted by Gasteiger charge is 2.49. The van der Waals surface area contributed by atoms with Crippen LogP contribution in [0.2, 0.25) is 0 Å². The summed E-state index contributed by atoms with van der Waals surface area (Å²) in [6, 6.07) is 0. The maximum absolute atomic E-state index is 10.1. The summed E-state index contributed by atoms with van der Waals surface area (Å²) in [7, 11) is 0. The Bertz CT molecular complexity index is 135. The Hall–Kier alpha value is -0.830. The topological polar surface area (TPSA) is 49.8 Å². The van der Waals surface area contributed by atoms with Gasteiger partial charge in [0.2, 0.25) is 5.60 Å². The number of hydrogen-bond donors (Lipinski definition) is 1. The fourth-order valence-electron chi connectivity index (χ4n) is 0.406. The van der Waals surface area contributed by atoms with Crippen LogP contribution in [0.5, 0.6) is 0 Å². The van der Waals surface area contributed by atoms with Crippen molar-refractivity contribution < 1.29 is 14.6 Å². The number of epoxide rings is 1. The summed E-state index contributed by atoms with van der Waals surface area (Å²) >= 11 is 0. The fraction of sp³-hybridized carbons (Fsp3) is 0.400. The fourth-order valence-corrected chi connectivity index (χ4v) is 0.406. The highest BCUT2D eigenvalue weighted by molar-refractivity contribution is 5.82. The maximum Gasteiger partial charge on any atom is 0.342 e. The predicted octanol–water partition coefficient (Wildman–Crippen LogP) is 0.0260. The van der Waals surface area contributed by atoms with Gasteiger partial charge in [-0.1, -0.05) is 6.58 Å². The van der Waals surface area contributed by atoms with Crippen molar-refractivity contribution >= 4 is 5.97 Å². The minimum absolute atomic E-state index is 0.270. The molecular formula is C5H6O3. The second-order valence-electron chi connectivity index (χ2n) is 1.69. The quantitative estimate of drug-likeness (QED) is 0.407. The zero-order valence-electron chi connectivity index (χ0n) is 4.26. The molecule has 1 aliphatic rings. The predicted molar refractivity (Wildman–Crippen MR) is 26.5 cm³/mol. The highest BCUT2D eigenvalue weighted by atomic mass is 16.6. The molecule has 1 rings (SSSR count). The van der Waals surface area contributed by atoms with E-state index in [1.165, 1.54) is 6.08 Å². The van der Waals surface area contributed by atoms with E-state index in [0.29, 0.717) is 0 Å². The van der Waals surface area contributed by atoms with Crippen LogP contribution >= 0.6 is 0 Å². The molecule has 1 heterocycles. The van der Waals surface area contributed by atoms with E-state index in [9.17, 15) is 4.79 Å². The van der Waals surface area contributed by atoms with E-state index in [0.717, 1.165) is 0 Å². The van der Waals surface area contributed by atoms with E-state index in [1.807, 2.05) is 0 Å². The Labute approximate surface area is 46.6 Å². The number of carboxylic acid groups (broad SMARTS) is 1. The Morgan fingerprint density at radius 2 is 2.50 bits per heavy atom. The van der Waals surface area contributed by atoms with Gasteiger partial charge in [-0.3, -0.25) is 0 Å². The van der Waals surface area contributed by atoms with Crippen molar-refractivity contribution in [2.45, 2.75) is 5.60 Å². The molecule has 8 heavy (non-hydrogen) atoms. The van der Waals surface area contributed by atoms with Gasteiger partial charge in [-0.05, 0) is 6.08 Å². The van der Waals surface area contributed by atoms with Gasteiger partial charge < -0.3 is 9.84 Å². The van der Waals surface area contributed by atoms with Gasteiger partial charge in [-0.15, -0.1) is 0 Å². The summed E-state index contributed by atoms with van der Waals surface area (Å²) in [5, 5.41) is 8.31. The van der Waals surface area contributed by atoms with Crippen LogP contribution in [0.15, 0.2) is 12.7 Å². The van der Waals surface area contributed by atoms with Gasteiger partial charge in [-0.2, -0.15) is 0 Å². The molecule has 0 aromatic carbocycles. The van der Waals surface area contributed by atoms with Crippen molar-refractivity contribution in [1.82, 2.24) is 0 Å². The molecule has 0 aliphatic carbocycles. The summed E-state index contributed by atoms with van der Waals surface area (Å²) in [5.41, 5.74) is -1.03. The normalized spacial score (nSPS) is 34.0. The van der Waals surface area contributed by atoms with Gasteiger partial charge in [-0.25, -0.2) is 4.79 Å². The smallest absolute Gasteiger partial charge is 0.342 e. The molecular weight excluding hydrogens is 108 g/mol. The summed E-state index contributed by atoms with van der Waals surface area (Å²) < 4.78 is 4.59. The van der Waals surface area contributed by atoms with E-state index in [2.05, 4.69) is 11.3 Å². The molecule has 1 unspecified atom stereocenters. The van der Waals surface area contributed by atoms with Crippen molar-refractivity contribution in [2.75, 3.05) is 6.61 Å². The number of carboxylic acids is 1. The van der Waals surface area contributed by atoms with Crippen LogP contribution in [0.1, 0.15) is 0 Å². The third-order valence-corrected chi connectivity index (χ3v) is 1.15. The molecule has 0 radical (unpaired) electrons. The average molecular weight is 114 g/mol. The van der Waals surface area contributed by atoms with Crippen molar-refractivity contribution in [3.05, 3.63) is 12.7 Å². The lowest BCUT2D eigenvalue weighted by Gasteiger charge is -1.93. The largest absolute Gasteiger partial charge is 0.479 e. The molecule has 1 N–H and O–H groups in total. The van der Waals surface area contributed by atoms with Crippen LogP contribution in [-0.4, -0.2) is 23.3 Å². The van der Waals surface area contributed by atoms with E-state index in [1.54, 1.807) is 0 Å². The van der Waals surface area contributed by atoms with Crippen LogP contribution < -0.4 is 0 Å². The summed E-state index contributed by atoms with van der Waals surface area (Å²) in [6.07, 6.45) is 1.30. The number of aliphatic carboxylic acids is 1. The number of ether oxygens (including phenoxy) is 1. The third kappa shape index (κ3) is 0.518. The first-order valence-corrected chi connectivity index (χ1v) is 2.22. The zero-order chi connectivity index (χ0) is 6.20. The zero-order valence-corrected chi connectivity index (χ0v) is 4.26. The van der Waals surface area contributed by atoms with Crippen LogP contribution in [-0.2, 0) is 9.53 Å². The minimum Gasteiger partial charge on any atom is -0.479 e. The number of hydrogen-bond acceptors (Lipinski definition) is 2. The monoisotopic (exact) mass is 114 g/mol. The molecule has 1 saturated heterocycles. The molecule has 3 heteroatoms. The SMILES string of the molecule is C=CC1(C(=O)O)CO1. The van der Waals surface area contributed by atoms with Crippen molar-refractivity contribution in [3.8, 4) is 0 Å². The lowest BCUT2D eigenvalue weighted by atomic mass is 10.2. The van der Waals surface area contributed by atoms with Gasteiger partial charge in [0.05, 0.1) is 6.61 Å². The Balaban J connectivity index is 2.66. The molecule has 1 fully saturated rings. The Kier molecular flexibility index (Phi) is 0.877. The molecule has 0 aromatic heterocycles. The maximum atomic E-state index is 10.1. The minimum atomic E-state index is -1.03. The molecule has 0 spiro atoms. The lowest BCUT2D eigenvalue weighted by Crippen LogP contribution is -2.20. The van der Waals surface area contributed by atoms with Gasteiger partial charge in [0.15, 0.2) is 0 Å². The molecule has 3 nitrogen and oxygen atoms in total. The molecule has 1 aliphatic heterocycles. The van der Waals surface area contributed by atoms with Gasteiger partial charge in [0.25, 0.3) is 0 Å². The first-order chi connectivity index (χ1) is 3.71. The molecule has 0 bridgehead atoms. The Morgan fingerprint density at radius 3 is 2.50 bits per heavy atom. The van der Waals surface area contributed by atoms with Crippen molar-refractivity contribution in [3.63, 3.8) is 0 Å². The van der Waals surface area contributed by atoms with E-state index in [-0.39, 0.29) is 6.61 Å². The third-order valence-electron chi connectivity index (χ3n) is 1.15. The van der Waals surface area contributed by atoms with Crippen LogP contribution in [0.3, 0.4) is 0 Å². The van der Waals surface area contributed by atoms with Crippen molar-refractivity contribution in [2.24, 2.45) is 0 Å². The van der Waals surface area contributed by atoms with E-state index >= 15 is 0 Å². The van der Waals surface area contributed by atoms with Gasteiger partial charge in [0, 0.05) is 0 Å². The lowest BCUT2D eigenvalue weighted by molar-refractivity contribution is -0.141. The van der Waals surface area contributed by atoms with Crippen LogP contribution in [0, 0.1) is 0 Å². The number of rotatable bonds is 2. The molecule has 0 aromatic rings. The van der Waals surface area contributed by atoms with Gasteiger partial charge in [0.1, 0.15) is 0 Å². The summed E-state index contributed by atoms with van der Waals surface area (Å²) in [6.45, 7) is 3.58. The highest BCUT2D eigenvalue weighted by Crippen LogP contribution is 2.27. The average Bonchev–Trinajstić information content (AvgIpc) is 2.44. The second kappa shape index (κ2) is 1.32. The van der Waals surface area contributed by atoms with Gasteiger partial charge >= 0.3 is 5.97 Å². The molecule has 0 saturated carbocycles. The first kappa shape index (κ1) is 5.31. The summed E-state index contributed by atoms with van der Waals surface area (Å²) in [4.78, 5) is 10.1. The van der Waals surface area contributed by atoms with Crippen molar-refractivity contribution in [1.29, 1.82) is 0 Å². The molecule has 0 amide bonds. The second-order valence-corrected chi connectivity index (χ2v) is 1.69.